The molecule has 0 bridgehead atoms. The van der Waals surface area contributed by atoms with Crippen molar-refractivity contribution in [2.45, 2.75) is 13.3 Å². The maximum Gasteiger partial charge on any atom is 0.213 e. The molecule has 2 N–H and O–H groups in total. The van der Waals surface area contributed by atoms with Gasteiger partial charge in [0.15, 0.2) is 0 Å². The second kappa shape index (κ2) is 4.05. The minimum Gasteiger partial charge on any atom is -0.356 e. The van der Waals surface area contributed by atoms with Crippen molar-refractivity contribution in [2.75, 3.05) is 13.7 Å². The van der Waals surface area contributed by atoms with Crippen molar-refractivity contribution in [3.05, 3.63) is 0 Å². The van der Waals surface area contributed by atoms with Gasteiger partial charge in [0.25, 0.3) is 0 Å². The molecule has 0 aliphatic heterocycles. The summed E-state index contributed by atoms with van der Waals surface area (Å²) in [5.74, 6) is 0. The van der Waals surface area contributed by atoms with Gasteiger partial charge in [-0.05, 0) is 14.0 Å². The van der Waals surface area contributed by atoms with Gasteiger partial charge in [-0.2, -0.15) is 0 Å². The SMILES string of the molecule is CCOC(O)NC.[HH]. The largest absolute Gasteiger partial charge is 0.356 e. The standard InChI is InChI=1S/C4H11NO2.H2/c1-3-7-4(6)5-2;/h4-6H,3H2,1-2H3;1H. The third-order valence-electron chi connectivity index (χ3n) is 0.571. The van der Waals surface area contributed by atoms with Gasteiger partial charge in [0.2, 0.25) is 6.41 Å². The molecule has 0 aliphatic rings. The summed E-state index contributed by atoms with van der Waals surface area (Å²) in [5, 5.41) is 11.0. The van der Waals surface area contributed by atoms with Gasteiger partial charge >= 0.3 is 0 Å². The Bertz CT molecular complexity index is 45.0. The van der Waals surface area contributed by atoms with Gasteiger partial charge in [0, 0.05) is 8.03 Å². The van der Waals surface area contributed by atoms with Crippen molar-refractivity contribution in [3.63, 3.8) is 0 Å². The zero-order valence-electron chi connectivity index (χ0n) is 4.64. The predicted octanol–water partition coefficient (Wildman–Crippen LogP) is -0.236. The number of rotatable bonds is 3. The fourth-order valence-corrected chi connectivity index (χ4v) is 0.241. The van der Waals surface area contributed by atoms with E-state index in [2.05, 4.69) is 10.1 Å². The van der Waals surface area contributed by atoms with E-state index in [1.165, 1.54) is 0 Å². The summed E-state index contributed by atoms with van der Waals surface area (Å²) in [4.78, 5) is 0. The Balaban J connectivity index is 0. The van der Waals surface area contributed by atoms with E-state index in [1.807, 2.05) is 6.92 Å². The van der Waals surface area contributed by atoms with Crippen molar-refractivity contribution >= 4 is 0 Å². The topological polar surface area (TPSA) is 41.5 Å². The molecule has 0 aliphatic carbocycles. The van der Waals surface area contributed by atoms with Crippen molar-refractivity contribution in [2.24, 2.45) is 0 Å². The molecule has 0 rings (SSSR count). The van der Waals surface area contributed by atoms with Crippen molar-refractivity contribution in [3.8, 4) is 0 Å². The first-order chi connectivity index (χ1) is 3.31. The van der Waals surface area contributed by atoms with E-state index in [4.69, 9.17) is 5.11 Å². The third-order valence-corrected chi connectivity index (χ3v) is 0.571. The minimum absolute atomic E-state index is 0. The van der Waals surface area contributed by atoms with Crippen LogP contribution in [0.1, 0.15) is 8.35 Å². The summed E-state index contributed by atoms with van der Waals surface area (Å²) in [5.41, 5.74) is 0. The smallest absolute Gasteiger partial charge is 0.213 e. The van der Waals surface area contributed by atoms with Crippen molar-refractivity contribution < 1.29 is 11.3 Å². The van der Waals surface area contributed by atoms with Gasteiger partial charge in [0.1, 0.15) is 0 Å². The number of hydrogen-bond donors (Lipinski definition) is 2. The molecule has 0 aromatic carbocycles. The molecule has 7 heavy (non-hydrogen) atoms. The Kier molecular flexibility index (Phi) is 3.98. The summed E-state index contributed by atoms with van der Waals surface area (Å²) in [6, 6.07) is 0. The Hall–Kier alpha value is -0.120. The normalized spacial score (nSPS) is 14.1. The lowest BCUT2D eigenvalue weighted by Crippen LogP contribution is -2.27. The highest BCUT2D eigenvalue weighted by molar-refractivity contribution is 4.24. The quantitative estimate of drug-likeness (QED) is 0.489. The summed E-state index contributed by atoms with van der Waals surface area (Å²) in [6.07, 6.45) is -0.801. The van der Waals surface area contributed by atoms with E-state index in [1.54, 1.807) is 7.05 Å². The van der Waals surface area contributed by atoms with E-state index >= 15 is 0 Å². The molecule has 0 heterocycles. The van der Waals surface area contributed by atoms with Crippen molar-refractivity contribution in [1.82, 2.24) is 5.32 Å². The molecule has 3 nitrogen and oxygen atoms in total. The van der Waals surface area contributed by atoms with Gasteiger partial charge < -0.3 is 9.84 Å². The molecule has 0 aromatic rings. The van der Waals surface area contributed by atoms with E-state index < -0.39 is 6.41 Å². The van der Waals surface area contributed by atoms with Crippen LogP contribution >= 0.6 is 0 Å². The molecule has 0 saturated heterocycles. The highest BCUT2D eigenvalue weighted by Gasteiger charge is 1.92. The average molecular weight is 107 g/mol. The average Bonchev–Trinajstić information content (AvgIpc) is 1.68. The van der Waals surface area contributed by atoms with Gasteiger partial charge in [-0.15, -0.1) is 0 Å². The monoisotopic (exact) mass is 107 g/mol. The maximum absolute atomic E-state index is 8.52. The molecular formula is C4H13NO2. The first-order valence-electron chi connectivity index (χ1n) is 2.28. The van der Waals surface area contributed by atoms with E-state index in [-0.39, 0.29) is 1.43 Å². The number of ether oxygens (including phenoxy) is 1. The number of hydrogen-bond acceptors (Lipinski definition) is 3. The van der Waals surface area contributed by atoms with Gasteiger partial charge in [0.05, 0.1) is 0 Å². The van der Waals surface area contributed by atoms with Gasteiger partial charge in [-0.1, -0.05) is 0 Å². The Morgan fingerprint density at radius 1 is 2.00 bits per heavy atom. The fraction of sp³-hybridized carbons (Fsp3) is 1.00. The summed E-state index contributed by atoms with van der Waals surface area (Å²) in [7, 11) is 1.63. The molecule has 3 heteroatoms. The summed E-state index contributed by atoms with van der Waals surface area (Å²) in [6.45, 7) is 2.35. The highest BCUT2D eigenvalue weighted by atomic mass is 16.6. The van der Waals surface area contributed by atoms with Crippen LogP contribution in [-0.2, 0) is 4.74 Å². The van der Waals surface area contributed by atoms with Crippen molar-refractivity contribution in [1.29, 1.82) is 0 Å². The van der Waals surface area contributed by atoms with E-state index in [9.17, 15) is 0 Å². The van der Waals surface area contributed by atoms with Crippen LogP contribution in [0.15, 0.2) is 0 Å². The minimum atomic E-state index is -0.801. The number of aliphatic hydroxyl groups is 1. The van der Waals surface area contributed by atoms with Gasteiger partial charge in [-0.3, -0.25) is 5.32 Å². The predicted molar refractivity (Wildman–Crippen MR) is 28.8 cm³/mol. The van der Waals surface area contributed by atoms with Crippen LogP contribution in [0.2, 0.25) is 0 Å². The third kappa shape index (κ3) is 3.72. The second-order valence-corrected chi connectivity index (χ2v) is 1.10. The molecule has 0 radical (unpaired) electrons. The fourth-order valence-electron chi connectivity index (χ4n) is 0.241. The Morgan fingerprint density at radius 2 is 2.57 bits per heavy atom. The van der Waals surface area contributed by atoms with Gasteiger partial charge in [-0.25, -0.2) is 0 Å². The molecule has 1 unspecified atom stereocenters. The molecule has 0 spiro atoms. The highest BCUT2D eigenvalue weighted by Crippen LogP contribution is 1.75. The van der Waals surface area contributed by atoms with Crippen LogP contribution in [0.5, 0.6) is 0 Å². The van der Waals surface area contributed by atoms with E-state index in [0.717, 1.165) is 0 Å². The molecule has 0 saturated carbocycles. The zero-order valence-corrected chi connectivity index (χ0v) is 4.64. The van der Waals surface area contributed by atoms with Crippen LogP contribution in [0.25, 0.3) is 0 Å². The lowest BCUT2D eigenvalue weighted by molar-refractivity contribution is -0.111. The van der Waals surface area contributed by atoms with Crippen LogP contribution in [0.4, 0.5) is 0 Å². The summed E-state index contributed by atoms with van der Waals surface area (Å²) >= 11 is 0. The molecular weight excluding hydrogens is 94.0 g/mol. The second-order valence-electron chi connectivity index (χ2n) is 1.10. The Labute approximate surface area is 44.8 Å². The maximum atomic E-state index is 8.52. The molecule has 0 fully saturated rings. The molecule has 46 valence electrons. The van der Waals surface area contributed by atoms with Crippen LogP contribution in [0, 0.1) is 0 Å². The number of aliphatic hydroxyl groups excluding tert-OH is 1. The van der Waals surface area contributed by atoms with E-state index in [0.29, 0.717) is 6.61 Å². The zero-order chi connectivity index (χ0) is 5.70. The summed E-state index contributed by atoms with van der Waals surface area (Å²) < 4.78 is 4.64. The lowest BCUT2D eigenvalue weighted by atomic mass is 10.8. The molecule has 0 amide bonds. The van der Waals surface area contributed by atoms with Crippen LogP contribution in [0.3, 0.4) is 0 Å². The molecule has 1 atom stereocenters. The first kappa shape index (κ1) is 6.88. The molecule has 0 aromatic heterocycles. The van der Waals surface area contributed by atoms with Crippen LogP contribution < -0.4 is 5.32 Å². The first-order valence-corrected chi connectivity index (χ1v) is 2.28. The van der Waals surface area contributed by atoms with Crippen LogP contribution in [-0.4, -0.2) is 25.2 Å². The number of nitrogens with one attached hydrogen (secondary N) is 1. The Morgan fingerprint density at radius 3 is 2.71 bits per heavy atom. The lowest BCUT2D eigenvalue weighted by Gasteiger charge is -2.06.